The van der Waals surface area contributed by atoms with Crippen LogP contribution in [0.15, 0.2) is 0 Å². The van der Waals surface area contributed by atoms with Gasteiger partial charge in [-0.05, 0) is 44.3 Å². The minimum atomic E-state index is -1.63. The van der Waals surface area contributed by atoms with E-state index in [1.54, 1.807) is 0 Å². The summed E-state index contributed by atoms with van der Waals surface area (Å²) in [6.07, 6.45) is 1.03. The fourth-order valence-corrected chi connectivity index (χ4v) is 11.7. The third kappa shape index (κ3) is 3.47. The molecule has 0 fully saturated rings. The summed E-state index contributed by atoms with van der Waals surface area (Å²) in [5.41, 5.74) is 5.67. The average molecular weight is 235 g/mol. The van der Waals surface area contributed by atoms with E-state index in [1.165, 1.54) is 0 Å². The highest BCUT2D eigenvalue weighted by Gasteiger charge is 2.44. The quantitative estimate of drug-likeness (QED) is 0.716. The molecule has 0 saturated carbocycles. The summed E-state index contributed by atoms with van der Waals surface area (Å²) in [5, 5.41) is 0.565. The Balaban J connectivity index is 4.75. The van der Waals surface area contributed by atoms with Crippen molar-refractivity contribution in [1.29, 1.82) is 0 Å². The third-order valence-corrected chi connectivity index (χ3v) is 13.4. The van der Waals surface area contributed by atoms with Gasteiger partial charge in [0, 0.05) is 14.2 Å². The Hall–Kier alpha value is 0.314. The topological polar surface area (TPSA) is 44.5 Å². The van der Waals surface area contributed by atoms with Gasteiger partial charge in [-0.15, -0.1) is 0 Å². The van der Waals surface area contributed by atoms with Crippen molar-refractivity contribution < 1.29 is 8.85 Å². The minimum Gasteiger partial charge on any atom is -0.420 e. The highest BCUT2D eigenvalue weighted by atomic mass is 28.4. The molecule has 0 saturated heterocycles. The Kier molecular flexibility index (Phi) is 5.53. The van der Waals surface area contributed by atoms with Crippen LogP contribution in [0.3, 0.4) is 0 Å². The van der Waals surface area contributed by atoms with Crippen LogP contribution in [0.4, 0.5) is 0 Å². The summed E-state index contributed by atoms with van der Waals surface area (Å²) in [4.78, 5) is 0. The molecule has 3 nitrogen and oxygen atoms in total. The van der Waals surface area contributed by atoms with E-state index in [-0.39, 0.29) is 0 Å². The van der Waals surface area contributed by atoms with E-state index in [9.17, 15) is 0 Å². The van der Waals surface area contributed by atoms with E-state index in [0.29, 0.717) is 5.16 Å². The Bertz CT molecular complexity index is 158. The summed E-state index contributed by atoms with van der Waals surface area (Å²) >= 11 is 0. The summed E-state index contributed by atoms with van der Waals surface area (Å²) in [6.45, 7) is 9.73. The summed E-state index contributed by atoms with van der Waals surface area (Å²) < 4.78 is 11.4. The lowest BCUT2D eigenvalue weighted by atomic mass is 10.5. The lowest BCUT2D eigenvalue weighted by Crippen LogP contribution is -2.51. The molecule has 0 aromatic carbocycles. The first-order valence-corrected chi connectivity index (χ1v) is 11.1. The Morgan fingerprint density at radius 2 is 1.36 bits per heavy atom. The molecular formula is C9H25NO2Si2. The van der Waals surface area contributed by atoms with Crippen LogP contribution in [0.2, 0.25) is 31.4 Å². The van der Waals surface area contributed by atoms with E-state index < -0.39 is 16.6 Å². The molecular weight excluding hydrogens is 210 g/mol. The van der Waals surface area contributed by atoms with Gasteiger partial charge in [0.1, 0.15) is 0 Å². The highest BCUT2D eigenvalue weighted by Crippen LogP contribution is 2.35. The number of nitrogens with two attached hydrogens (primary N) is 1. The van der Waals surface area contributed by atoms with Gasteiger partial charge in [0.2, 0.25) is 0 Å². The predicted octanol–water partition coefficient (Wildman–Crippen LogP) is 1.95. The Labute approximate surface area is 90.2 Å². The molecule has 14 heavy (non-hydrogen) atoms. The van der Waals surface area contributed by atoms with Crippen molar-refractivity contribution in [2.24, 2.45) is 5.73 Å². The zero-order chi connectivity index (χ0) is 11.4. The number of rotatable bonds is 6. The van der Waals surface area contributed by atoms with Crippen LogP contribution >= 0.6 is 0 Å². The summed E-state index contributed by atoms with van der Waals surface area (Å²) in [6, 6.07) is 0. The first kappa shape index (κ1) is 14.3. The van der Waals surface area contributed by atoms with Crippen LogP contribution in [-0.4, -0.2) is 37.4 Å². The van der Waals surface area contributed by atoms with Crippen LogP contribution < -0.4 is 5.73 Å². The standard InChI is InChI=1S/C9H25NO2Si2/c1-11-13(3,4)9(7-8-10)14(5,6)12-2/h9H,7-8,10H2,1-6H3. The Morgan fingerprint density at radius 1 is 1.00 bits per heavy atom. The molecule has 0 aliphatic rings. The second-order valence-corrected chi connectivity index (χ2v) is 13.9. The van der Waals surface area contributed by atoms with Crippen molar-refractivity contribution in [3.8, 4) is 0 Å². The van der Waals surface area contributed by atoms with Crippen molar-refractivity contribution in [2.75, 3.05) is 20.8 Å². The molecule has 0 amide bonds. The van der Waals surface area contributed by atoms with Gasteiger partial charge in [0.25, 0.3) is 0 Å². The fraction of sp³-hybridized carbons (Fsp3) is 1.00. The molecule has 86 valence electrons. The molecule has 0 heterocycles. The van der Waals surface area contributed by atoms with Crippen LogP contribution in [-0.2, 0) is 8.85 Å². The first-order chi connectivity index (χ1) is 6.31. The minimum absolute atomic E-state index is 0.565. The zero-order valence-electron chi connectivity index (χ0n) is 10.4. The molecule has 0 aliphatic heterocycles. The third-order valence-electron chi connectivity index (χ3n) is 3.19. The van der Waals surface area contributed by atoms with E-state index >= 15 is 0 Å². The summed E-state index contributed by atoms with van der Waals surface area (Å²) in [5.74, 6) is 0. The molecule has 0 rings (SSSR count). The van der Waals surface area contributed by atoms with Crippen LogP contribution in [0.5, 0.6) is 0 Å². The van der Waals surface area contributed by atoms with Gasteiger partial charge in [-0.1, -0.05) is 0 Å². The second-order valence-electron chi connectivity index (χ2n) is 4.75. The van der Waals surface area contributed by atoms with Gasteiger partial charge in [-0.25, -0.2) is 0 Å². The molecule has 2 N–H and O–H groups in total. The number of hydrogen-bond donors (Lipinski definition) is 1. The molecule has 0 spiro atoms. The molecule has 0 atom stereocenters. The van der Waals surface area contributed by atoms with Crippen LogP contribution in [0.1, 0.15) is 6.42 Å². The predicted molar refractivity (Wildman–Crippen MR) is 66.4 cm³/mol. The van der Waals surface area contributed by atoms with Gasteiger partial charge in [0.05, 0.1) is 0 Å². The maximum Gasteiger partial charge on any atom is 0.188 e. The van der Waals surface area contributed by atoms with Gasteiger partial charge < -0.3 is 14.6 Å². The zero-order valence-corrected chi connectivity index (χ0v) is 12.4. The largest absolute Gasteiger partial charge is 0.420 e. The van der Waals surface area contributed by atoms with Crippen molar-refractivity contribution in [3.05, 3.63) is 0 Å². The average Bonchev–Trinajstić information content (AvgIpc) is 2.13. The molecule has 0 radical (unpaired) electrons. The normalized spacial score (nSPS) is 13.7. The van der Waals surface area contributed by atoms with Gasteiger partial charge in [-0.2, -0.15) is 0 Å². The van der Waals surface area contributed by atoms with Crippen molar-refractivity contribution in [2.45, 2.75) is 37.8 Å². The fourth-order valence-electron chi connectivity index (χ4n) is 1.98. The van der Waals surface area contributed by atoms with Crippen LogP contribution in [0, 0.1) is 0 Å². The molecule has 0 bridgehead atoms. The van der Waals surface area contributed by atoms with Crippen molar-refractivity contribution in [3.63, 3.8) is 0 Å². The van der Waals surface area contributed by atoms with E-state index in [1.807, 2.05) is 14.2 Å². The van der Waals surface area contributed by atoms with Gasteiger partial charge in [0.15, 0.2) is 16.6 Å². The summed E-state index contributed by atoms with van der Waals surface area (Å²) in [7, 11) is 0.376. The maximum absolute atomic E-state index is 5.68. The smallest absolute Gasteiger partial charge is 0.188 e. The monoisotopic (exact) mass is 235 g/mol. The van der Waals surface area contributed by atoms with E-state index in [0.717, 1.165) is 13.0 Å². The van der Waals surface area contributed by atoms with E-state index in [2.05, 4.69) is 26.2 Å². The molecule has 0 aromatic rings. The highest BCUT2D eigenvalue weighted by molar-refractivity contribution is 6.91. The van der Waals surface area contributed by atoms with E-state index in [4.69, 9.17) is 14.6 Å². The lowest BCUT2D eigenvalue weighted by Gasteiger charge is -2.39. The number of hydrogen-bond acceptors (Lipinski definition) is 3. The lowest BCUT2D eigenvalue weighted by molar-refractivity contribution is 0.368. The van der Waals surface area contributed by atoms with Crippen molar-refractivity contribution >= 4 is 16.6 Å². The molecule has 5 heteroatoms. The van der Waals surface area contributed by atoms with Gasteiger partial charge >= 0.3 is 0 Å². The first-order valence-electron chi connectivity index (χ1n) is 5.12. The SMILES string of the molecule is CO[Si](C)(C)C(CCN)[Si](C)(C)OC. The molecule has 0 aromatic heterocycles. The Morgan fingerprint density at radius 3 is 1.57 bits per heavy atom. The van der Waals surface area contributed by atoms with Gasteiger partial charge in [-0.3, -0.25) is 0 Å². The van der Waals surface area contributed by atoms with Crippen molar-refractivity contribution in [1.82, 2.24) is 0 Å². The van der Waals surface area contributed by atoms with Crippen LogP contribution in [0.25, 0.3) is 0 Å². The molecule has 0 aliphatic carbocycles. The maximum atomic E-state index is 5.68. The molecule has 0 unspecified atom stereocenters. The second kappa shape index (κ2) is 5.41.